The van der Waals surface area contributed by atoms with Gasteiger partial charge in [0.05, 0.1) is 11.7 Å². The van der Waals surface area contributed by atoms with Gasteiger partial charge >= 0.3 is 0 Å². The maximum atomic E-state index is 13.7. The lowest BCUT2D eigenvalue weighted by Crippen LogP contribution is -2.09. The van der Waals surface area contributed by atoms with Gasteiger partial charge in [0.25, 0.3) is 0 Å². The Morgan fingerprint density at radius 3 is 2.79 bits per heavy atom. The second kappa shape index (κ2) is 5.84. The normalized spacial score (nSPS) is 11.9. The highest BCUT2D eigenvalue weighted by Crippen LogP contribution is 2.26. The van der Waals surface area contributed by atoms with Crippen LogP contribution in [0.5, 0.6) is 0 Å². The Balaban J connectivity index is 2.17. The average Bonchev–Trinajstić information content (AvgIpc) is 2.86. The molecular formula is C14H15FN2OS. The maximum absolute atomic E-state index is 13.7. The number of nitrogens with one attached hydrogen (secondary N) is 2. The van der Waals surface area contributed by atoms with Crippen LogP contribution in [0.1, 0.15) is 24.8 Å². The van der Waals surface area contributed by atoms with E-state index >= 15 is 0 Å². The molecule has 1 heterocycles. The van der Waals surface area contributed by atoms with Crippen molar-refractivity contribution in [3.63, 3.8) is 0 Å². The van der Waals surface area contributed by atoms with E-state index in [-0.39, 0.29) is 17.8 Å². The molecule has 0 aliphatic rings. The smallest absolute Gasteiger partial charge is 0.221 e. The van der Waals surface area contributed by atoms with Gasteiger partial charge in [0.1, 0.15) is 5.82 Å². The third kappa shape index (κ3) is 3.54. The van der Waals surface area contributed by atoms with Crippen molar-refractivity contribution in [2.45, 2.75) is 19.9 Å². The molecule has 100 valence electrons. The topological polar surface area (TPSA) is 41.1 Å². The molecule has 0 bridgehead atoms. The van der Waals surface area contributed by atoms with Crippen LogP contribution in [0.15, 0.2) is 35.7 Å². The van der Waals surface area contributed by atoms with Crippen LogP contribution in [0.3, 0.4) is 0 Å². The Hall–Kier alpha value is -1.88. The minimum absolute atomic E-state index is 0.0158. The molecule has 0 fully saturated rings. The zero-order valence-corrected chi connectivity index (χ0v) is 11.6. The SMILES string of the molecule is CC(=O)Nc1ccc(F)c(NC(C)c2cccs2)c1. The number of hydrogen-bond acceptors (Lipinski definition) is 3. The Morgan fingerprint density at radius 2 is 2.16 bits per heavy atom. The summed E-state index contributed by atoms with van der Waals surface area (Å²) in [5, 5.41) is 7.73. The summed E-state index contributed by atoms with van der Waals surface area (Å²) in [7, 11) is 0. The van der Waals surface area contributed by atoms with Gasteiger partial charge < -0.3 is 10.6 Å². The molecule has 1 aromatic heterocycles. The molecule has 1 aromatic carbocycles. The number of benzene rings is 1. The molecule has 0 aliphatic carbocycles. The van der Waals surface area contributed by atoms with Crippen molar-refractivity contribution in [2.24, 2.45) is 0 Å². The molecule has 0 spiro atoms. The van der Waals surface area contributed by atoms with E-state index in [9.17, 15) is 9.18 Å². The van der Waals surface area contributed by atoms with Crippen LogP contribution in [0.4, 0.5) is 15.8 Å². The largest absolute Gasteiger partial charge is 0.375 e. The van der Waals surface area contributed by atoms with Crippen LogP contribution in [-0.4, -0.2) is 5.91 Å². The standard InChI is InChI=1S/C14H15FN2OS/c1-9(14-4-3-7-19-14)16-13-8-11(17-10(2)18)5-6-12(13)15/h3-9,16H,1-2H3,(H,17,18). The molecule has 0 saturated carbocycles. The molecule has 2 aromatic rings. The van der Waals surface area contributed by atoms with Crippen LogP contribution >= 0.6 is 11.3 Å². The van der Waals surface area contributed by atoms with Crippen molar-refractivity contribution in [3.8, 4) is 0 Å². The third-order valence-corrected chi connectivity index (χ3v) is 3.68. The first-order valence-electron chi connectivity index (χ1n) is 5.93. The molecule has 1 atom stereocenters. The van der Waals surface area contributed by atoms with E-state index in [4.69, 9.17) is 0 Å². The van der Waals surface area contributed by atoms with Crippen LogP contribution in [0.2, 0.25) is 0 Å². The van der Waals surface area contributed by atoms with Gasteiger partial charge in [-0.2, -0.15) is 0 Å². The van der Waals surface area contributed by atoms with Gasteiger partial charge in [-0.1, -0.05) is 6.07 Å². The lowest BCUT2D eigenvalue weighted by atomic mass is 10.2. The number of carbonyl (C=O) groups is 1. The van der Waals surface area contributed by atoms with E-state index in [1.807, 2.05) is 24.4 Å². The maximum Gasteiger partial charge on any atom is 0.221 e. The average molecular weight is 278 g/mol. The number of anilines is 2. The van der Waals surface area contributed by atoms with Gasteiger partial charge in [-0.05, 0) is 36.6 Å². The van der Waals surface area contributed by atoms with Gasteiger partial charge in [0.2, 0.25) is 5.91 Å². The fourth-order valence-electron chi connectivity index (χ4n) is 1.76. The Labute approximate surface area is 115 Å². The van der Waals surface area contributed by atoms with Gasteiger partial charge in [-0.25, -0.2) is 4.39 Å². The number of carbonyl (C=O) groups excluding carboxylic acids is 1. The number of hydrogen-bond donors (Lipinski definition) is 2. The predicted molar refractivity (Wildman–Crippen MR) is 77.1 cm³/mol. The molecule has 0 saturated heterocycles. The predicted octanol–water partition coefficient (Wildman–Crippen LogP) is 4.02. The monoisotopic (exact) mass is 278 g/mol. The van der Waals surface area contributed by atoms with E-state index in [0.717, 1.165) is 4.88 Å². The van der Waals surface area contributed by atoms with Crippen molar-refractivity contribution in [2.75, 3.05) is 10.6 Å². The highest BCUT2D eigenvalue weighted by Gasteiger charge is 2.10. The molecule has 0 aliphatic heterocycles. The summed E-state index contributed by atoms with van der Waals surface area (Å²) in [5.74, 6) is -0.513. The van der Waals surface area contributed by atoms with Gasteiger partial charge in [-0.3, -0.25) is 4.79 Å². The first-order valence-corrected chi connectivity index (χ1v) is 6.81. The minimum Gasteiger partial charge on any atom is -0.375 e. The molecule has 19 heavy (non-hydrogen) atoms. The summed E-state index contributed by atoms with van der Waals surface area (Å²) >= 11 is 1.62. The lowest BCUT2D eigenvalue weighted by molar-refractivity contribution is -0.114. The first kappa shape index (κ1) is 13.5. The van der Waals surface area contributed by atoms with Crippen molar-refractivity contribution >= 4 is 28.6 Å². The summed E-state index contributed by atoms with van der Waals surface area (Å²) < 4.78 is 13.7. The second-order valence-corrected chi connectivity index (χ2v) is 5.24. The minimum atomic E-state index is -0.336. The zero-order chi connectivity index (χ0) is 13.8. The van der Waals surface area contributed by atoms with E-state index in [1.54, 1.807) is 17.4 Å². The summed E-state index contributed by atoms with van der Waals surface area (Å²) in [6.07, 6.45) is 0. The number of rotatable bonds is 4. The Kier molecular flexibility index (Phi) is 4.16. The highest BCUT2D eigenvalue weighted by atomic mass is 32.1. The summed E-state index contributed by atoms with van der Waals surface area (Å²) in [6.45, 7) is 3.39. The molecule has 3 nitrogen and oxygen atoms in total. The quantitative estimate of drug-likeness (QED) is 0.887. The summed E-state index contributed by atoms with van der Waals surface area (Å²) in [4.78, 5) is 12.1. The van der Waals surface area contributed by atoms with Gasteiger partial charge in [0.15, 0.2) is 0 Å². The number of halogens is 1. The molecule has 1 unspecified atom stereocenters. The molecule has 5 heteroatoms. The van der Waals surface area contributed by atoms with E-state index < -0.39 is 0 Å². The van der Waals surface area contributed by atoms with E-state index in [2.05, 4.69) is 10.6 Å². The summed E-state index contributed by atoms with van der Waals surface area (Å²) in [5.41, 5.74) is 0.960. The Morgan fingerprint density at radius 1 is 1.37 bits per heavy atom. The molecule has 1 amide bonds. The summed E-state index contributed by atoms with van der Waals surface area (Å²) in [6, 6.07) is 8.45. The first-order chi connectivity index (χ1) is 9.06. The van der Waals surface area contributed by atoms with E-state index in [1.165, 1.54) is 19.1 Å². The van der Waals surface area contributed by atoms with Crippen LogP contribution in [0, 0.1) is 5.82 Å². The number of thiophene rings is 1. The van der Waals surface area contributed by atoms with Gasteiger partial charge in [-0.15, -0.1) is 11.3 Å². The lowest BCUT2D eigenvalue weighted by Gasteiger charge is -2.15. The molecule has 2 N–H and O–H groups in total. The van der Waals surface area contributed by atoms with Crippen LogP contribution in [0.25, 0.3) is 0 Å². The zero-order valence-electron chi connectivity index (χ0n) is 10.7. The van der Waals surface area contributed by atoms with E-state index in [0.29, 0.717) is 11.4 Å². The van der Waals surface area contributed by atoms with Crippen molar-refractivity contribution in [1.29, 1.82) is 0 Å². The fourth-order valence-corrected chi connectivity index (χ4v) is 2.49. The molecule has 2 rings (SSSR count). The third-order valence-electron chi connectivity index (χ3n) is 2.63. The molecular weight excluding hydrogens is 263 g/mol. The fraction of sp³-hybridized carbons (Fsp3) is 0.214. The van der Waals surface area contributed by atoms with Crippen LogP contribution < -0.4 is 10.6 Å². The Bertz CT molecular complexity index is 569. The van der Waals surface area contributed by atoms with Gasteiger partial charge in [0, 0.05) is 17.5 Å². The highest BCUT2D eigenvalue weighted by molar-refractivity contribution is 7.10. The van der Waals surface area contributed by atoms with Crippen LogP contribution in [-0.2, 0) is 4.79 Å². The second-order valence-electron chi connectivity index (χ2n) is 4.26. The molecule has 0 radical (unpaired) electrons. The van der Waals surface area contributed by atoms with Crippen molar-refractivity contribution < 1.29 is 9.18 Å². The van der Waals surface area contributed by atoms with Crippen molar-refractivity contribution in [3.05, 3.63) is 46.4 Å². The number of amides is 1. The van der Waals surface area contributed by atoms with Crippen molar-refractivity contribution in [1.82, 2.24) is 0 Å².